The molecule has 0 saturated heterocycles. The van der Waals surface area contributed by atoms with Gasteiger partial charge in [0.2, 0.25) is 5.95 Å². The lowest BCUT2D eigenvalue weighted by Crippen LogP contribution is -2.17. The standard InChI is InChI=1S/C7H8ClN3O3/c8-5-1-2-9-6(10-5)11-7(13)14-4-3-12/h1-2,12H,3-4H2,(H,9,10,11,13). The zero-order valence-electron chi connectivity index (χ0n) is 7.11. The van der Waals surface area contributed by atoms with Gasteiger partial charge in [0.25, 0.3) is 0 Å². The van der Waals surface area contributed by atoms with E-state index < -0.39 is 6.09 Å². The lowest BCUT2D eigenvalue weighted by molar-refractivity contribution is 0.131. The number of aliphatic hydroxyl groups is 1. The molecule has 0 aliphatic rings. The zero-order chi connectivity index (χ0) is 10.4. The smallest absolute Gasteiger partial charge is 0.414 e. The first-order valence-corrected chi connectivity index (χ1v) is 4.13. The van der Waals surface area contributed by atoms with Gasteiger partial charge in [-0.1, -0.05) is 11.6 Å². The fourth-order valence-electron chi connectivity index (χ4n) is 0.663. The molecule has 0 aliphatic heterocycles. The van der Waals surface area contributed by atoms with Crippen LogP contribution >= 0.6 is 11.6 Å². The molecule has 0 fully saturated rings. The van der Waals surface area contributed by atoms with Crippen LogP contribution in [0.1, 0.15) is 0 Å². The third-order valence-corrected chi connectivity index (χ3v) is 1.37. The first-order chi connectivity index (χ1) is 6.72. The van der Waals surface area contributed by atoms with Crippen LogP contribution < -0.4 is 5.32 Å². The van der Waals surface area contributed by atoms with Crippen molar-refractivity contribution in [1.82, 2.24) is 9.97 Å². The number of rotatable bonds is 3. The Balaban J connectivity index is 2.47. The van der Waals surface area contributed by atoms with Crippen molar-refractivity contribution in [3.05, 3.63) is 17.4 Å². The Morgan fingerprint density at radius 1 is 1.71 bits per heavy atom. The summed E-state index contributed by atoms with van der Waals surface area (Å²) >= 11 is 5.55. The molecule has 1 amide bonds. The van der Waals surface area contributed by atoms with Crippen molar-refractivity contribution in [2.24, 2.45) is 0 Å². The summed E-state index contributed by atoms with van der Waals surface area (Å²) < 4.78 is 4.51. The van der Waals surface area contributed by atoms with Gasteiger partial charge in [0.15, 0.2) is 0 Å². The van der Waals surface area contributed by atoms with E-state index in [9.17, 15) is 4.79 Å². The average Bonchev–Trinajstić information content (AvgIpc) is 2.15. The molecule has 0 aliphatic carbocycles. The molecule has 1 aromatic rings. The molecule has 0 aromatic carbocycles. The van der Waals surface area contributed by atoms with Gasteiger partial charge >= 0.3 is 6.09 Å². The van der Waals surface area contributed by atoms with Gasteiger partial charge in [0, 0.05) is 6.20 Å². The second-order valence-corrected chi connectivity index (χ2v) is 2.57. The third-order valence-electron chi connectivity index (χ3n) is 1.16. The number of nitrogens with one attached hydrogen (secondary N) is 1. The third kappa shape index (κ3) is 3.55. The van der Waals surface area contributed by atoms with Crippen molar-refractivity contribution in [3.63, 3.8) is 0 Å². The Hall–Kier alpha value is -1.40. The largest absolute Gasteiger partial charge is 0.447 e. The summed E-state index contributed by atoms with van der Waals surface area (Å²) in [6, 6.07) is 1.48. The van der Waals surface area contributed by atoms with Crippen molar-refractivity contribution in [3.8, 4) is 0 Å². The topological polar surface area (TPSA) is 84.3 Å². The summed E-state index contributed by atoms with van der Waals surface area (Å²) in [6.07, 6.45) is 0.665. The summed E-state index contributed by atoms with van der Waals surface area (Å²) in [5, 5.41) is 10.8. The highest BCUT2D eigenvalue weighted by molar-refractivity contribution is 6.29. The van der Waals surface area contributed by atoms with E-state index in [1.165, 1.54) is 12.3 Å². The number of nitrogens with zero attached hydrogens (tertiary/aromatic N) is 2. The number of halogens is 1. The normalized spacial score (nSPS) is 9.57. The van der Waals surface area contributed by atoms with Crippen LogP contribution in [0.3, 0.4) is 0 Å². The van der Waals surface area contributed by atoms with Crippen LogP contribution in [0.15, 0.2) is 12.3 Å². The molecule has 76 valence electrons. The van der Waals surface area contributed by atoms with Gasteiger partial charge in [-0.2, -0.15) is 0 Å². The Kier molecular flexibility index (Phi) is 4.09. The van der Waals surface area contributed by atoms with Crippen molar-refractivity contribution < 1.29 is 14.6 Å². The van der Waals surface area contributed by atoms with E-state index in [1.807, 2.05) is 0 Å². The second-order valence-electron chi connectivity index (χ2n) is 2.19. The number of hydrogen-bond donors (Lipinski definition) is 2. The zero-order valence-corrected chi connectivity index (χ0v) is 7.86. The summed E-state index contributed by atoms with van der Waals surface area (Å²) in [5.74, 6) is 0.0560. The first-order valence-electron chi connectivity index (χ1n) is 3.75. The van der Waals surface area contributed by atoms with E-state index in [2.05, 4.69) is 20.0 Å². The van der Waals surface area contributed by atoms with Crippen LogP contribution in [0.25, 0.3) is 0 Å². The molecule has 6 nitrogen and oxygen atoms in total. The monoisotopic (exact) mass is 217 g/mol. The van der Waals surface area contributed by atoms with E-state index >= 15 is 0 Å². The highest BCUT2D eigenvalue weighted by atomic mass is 35.5. The Morgan fingerprint density at radius 3 is 3.14 bits per heavy atom. The van der Waals surface area contributed by atoms with Crippen LogP contribution in [0.5, 0.6) is 0 Å². The second kappa shape index (κ2) is 5.36. The van der Waals surface area contributed by atoms with E-state index in [0.29, 0.717) is 0 Å². The molecule has 0 bridgehead atoms. The Morgan fingerprint density at radius 2 is 2.50 bits per heavy atom. The molecule has 0 saturated carbocycles. The lowest BCUT2D eigenvalue weighted by Gasteiger charge is -2.03. The highest BCUT2D eigenvalue weighted by Crippen LogP contribution is 2.05. The maximum Gasteiger partial charge on any atom is 0.414 e. The van der Waals surface area contributed by atoms with Crippen LogP contribution in [0.4, 0.5) is 10.7 Å². The van der Waals surface area contributed by atoms with Crippen LogP contribution in [-0.2, 0) is 4.74 Å². The first kappa shape index (κ1) is 10.7. The molecular formula is C7H8ClN3O3. The van der Waals surface area contributed by atoms with Gasteiger partial charge in [0.05, 0.1) is 6.61 Å². The SMILES string of the molecule is O=C(Nc1nccc(Cl)n1)OCCO. The number of amides is 1. The molecule has 0 unspecified atom stereocenters. The number of anilines is 1. The van der Waals surface area contributed by atoms with E-state index in [1.54, 1.807) is 0 Å². The lowest BCUT2D eigenvalue weighted by atomic mass is 10.7. The number of carbonyl (C=O) groups excluding carboxylic acids is 1. The molecule has 1 aromatic heterocycles. The van der Waals surface area contributed by atoms with Gasteiger partial charge in [-0.05, 0) is 6.07 Å². The predicted octanol–water partition coefficient (Wildman–Crippen LogP) is 0.671. The van der Waals surface area contributed by atoms with Gasteiger partial charge in [-0.15, -0.1) is 0 Å². The maximum atomic E-state index is 10.9. The summed E-state index contributed by atoms with van der Waals surface area (Å²) in [6.45, 7) is -0.309. The van der Waals surface area contributed by atoms with Crippen molar-refractivity contribution in [1.29, 1.82) is 0 Å². The van der Waals surface area contributed by atoms with Gasteiger partial charge < -0.3 is 9.84 Å². The van der Waals surface area contributed by atoms with Crippen LogP contribution in [0.2, 0.25) is 5.15 Å². The molecule has 0 radical (unpaired) electrons. The van der Waals surface area contributed by atoms with Gasteiger partial charge in [-0.3, -0.25) is 5.32 Å². The Labute approximate surface area is 84.9 Å². The molecule has 0 atom stereocenters. The minimum atomic E-state index is -0.735. The number of ether oxygens (including phenoxy) is 1. The fraction of sp³-hybridized carbons (Fsp3) is 0.286. The predicted molar refractivity (Wildman–Crippen MR) is 49.1 cm³/mol. The van der Waals surface area contributed by atoms with E-state index in [0.717, 1.165) is 0 Å². The number of aromatic nitrogens is 2. The number of carbonyl (C=O) groups is 1. The summed E-state index contributed by atoms with van der Waals surface area (Å²) in [5.41, 5.74) is 0. The molecule has 2 N–H and O–H groups in total. The Bertz CT molecular complexity index is 321. The highest BCUT2D eigenvalue weighted by Gasteiger charge is 2.04. The quantitative estimate of drug-likeness (QED) is 0.727. The molecule has 0 spiro atoms. The van der Waals surface area contributed by atoms with Crippen molar-refractivity contribution >= 4 is 23.6 Å². The van der Waals surface area contributed by atoms with E-state index in [-0.39, 0.29) is 24.3 Å². The summed E-state index contributed by atoms with van der Waals surface area (Å²) in [7, 11) is 0. The van der Waals surface area contributed by atoms with E-state index in [4.69, 9.17) is 16.7 Å². The van der Waals surface area contributed by atoms with Gasteiger partial charge in [-0.25, -0.2) is 14.8 Å². The molecule has 1 heterocycles. The molecule has 7 heteroatoms. The van der Waals surface area contributed by atoms with Gasteiger partial charge in [0.1, 0.15) is 11.8 Å². The maximum absolute atomic E-state index is 10.9. The average molecular weight is 218 g/mol. The van der Waals surface area contributed by atoms with Crippen LogP contribution in [0, 0.1) is 0 Å². The number of hydrogen-bond acceptors (Lipinski definition) is 5. The minimum Gasteiger partial charge on any atom is -0.447 e. The minimum absolute atomic E-state index is 0.0560. The fourth-order valence-corrected chi connectivity index (χ4v) is 0.799. The molecule has 14 heavy (non-hydrogen) atoms. The van der Waals surface area contributed by atoms with Crippen molar-refractivity contribution in [2.45, 2.75) is 0 Å². The molecule has 1 rings (SSSR count). The number of aliphatic hydroxyl groups excluding tert-OH is 1. The molecular weight excluding hydrogens is 210 g/mol. The summed E-state index contributed by atoms with van der Waals surface area (Å²) in [4.78, 5) is 18.3. The van der Waals surface area contributed by atoms with Crippen molar-refractivity contribution in [2.75, 3.05) is 18.5 Å². The van der Waals surface area contributed by atoms with Crippen LogP contribution in [-0.4, -0.2) is 34.4 Å².